The molecule has 2 heteroatoms. The lowest BCUT2D eigenvalue weighted by Crippen LogP contribution is -2.10. The van der Waals surface area contributed by atoms with Crippen LogP contribution in [0.5, 0.6) is 5.75 Å². The maximum atomic E-state index is 10.7. The average molecular weight is 268 g/mol. The number of hydrogen-bond acceptors (Lipinski definition) is 2. The van der Waals surface area contributed by atoms with Crippen LogP contribution >= 0.6 is 0 Å². The molecule has 2 aromatic carbocycles. The topological polar surface area (TPSA) is 29.5 Å². The first-order valence-corrected chi connectivity index (χ1v) is 7.16. The van der Waals surface area contributed by atoms with Gasteiger partial charge in [-0.1, -0.05) is 24.3 Å². The van der Waals surface area contributed by atoms with E-state index in [2.05, 4.69) is 26.0 Å². The van der Waals surface area contributed by atoms with Crippen LogP contribution in [0.4, 0.5) is 0 Å². The van der Waals surface area contributed by atoms with Gasteiger partial charge in [-0.2, -0.15) is 0 Å². The van der Waals surface area contributed by atoms with Crippen LogP contribution in [0, 0.1) is 13.8 Å². The number of aliphatic hydroxyl groups is 1. The first kappa shape index (κ1) is 13.2. The molecule has 0 saturated heterocycles. The smallest absolute Gasteiger partial charge is 0.122 e. The molecule has 20 heavy (non-hydrogen) atoms. The van der Waals surface area contributed by atoms with Crippen LogP contribution < -0.4 is 4.74 Å². The highest BCUT2D eigenvalue weighted by Gasteiger charge is 2.17. The molecular weight excluding hydrogens is 248 g/mol. The van der Waals surface area contributed by atoms with Gasteiger partial charge in [-0.3, -0.25) is 0 Å². The SMILES string of the molecule is Cc1cccc(C(O)c2ccc3c(c2)CCCO3)c1C. The fraction of sp³-hybridized carbons (Fsp3) is 0.333. The Kier molecular flexibility index (Phi) is 3.49. The van der Waals surface area contributed by atoms with Crippen LogP contribution in [0.2, 0.25) is 0 Å². The summed E-state index contributed by atoms with van der Waals surface area (Å²) in [5, 5.41) is 10.7. The van der Waals surface area contributed by atoms with Crippen molar-refractivity contribution in [3.05, 3.63) is 64.2 Å². The van der Waals surface area contributed by atoms with Gasteiger partial charge < -0.3 is 9.84 Å². The Bertz CT molecular complexity index is 631. The third-order valence-electron chi connectivity index (χ3n) is 4.19. The number of aliphatic hydroxyl groups excluding tert-OH is 1. The van der Waals surface area contributed by atoms with Gasteiger partial charge in [0.15, 0.2) is 0 Å². The predicted octanol–water partition coefficient (Wildman–Crippen LogP) is 3.71. The lowest BCUT2D eigenvalue weighted by Gasteiger charge is -2.20. The maximum Gasteiger partial charge on any atom is 0.122 e. The van der Waals surface area contributed by atoms with E-state index in [0.717, 1.165) is 41.9 Å². The molecule has 0 aliphatic carbocycles. The van der Waals surface area contributed by atoms with Crippen molar-refractivity contribution >= 4 is 0 Å². The summed E-state index contributed by atoms with van der Waals surface area (Å²) in [4.78, 5) is 0. The number of benzene rings is 2. The minimum absolute atomic E-state index is 0.567. The van der Waals surface area contributed by atoms with Gasteiger partial charge >= 0.3 is 0 Å². The Hall–Kier alpha value is -1.80. The lowest BCUT2D eigenvalue weighted by atomic mass is 9.93. The van der Waals surface area contributed by atoms with Gasteiger partial charge in [-0.25, -0.2) is 0 Å². The molecule has 0 fully saturated rings. The minimum Gasteiger partial charge on any atom is -0.493 e. The first-order chi connectivity index (χ1) is 9.66. The summed E-state index contributed by atoms with van der Waals surface area (Å²) in [7, 11) is 0. The highest BCUT2D eigenvalue weighted by Crippen LogP contribution is 2.31. The summed E-state index contributed by atoms with van der Waals surface area (Å²) in [5.41, 5.74) is 5.51. The normalized spacial score (nSPS) is 15.3. The van der Waals surface area contributed by atoms with E-state index < -0.39 is 6.10 Å². The Morgan fingerprint density at radius 3 is 2.85 bits per heavy atom. The molecule has 1 N–H and O–H groups in total. The Morgan fingerprint density at radius 2 is 2.00 bits per heavy atom. The number of hydrogen-bond donors (Lipinski definition) is 1. The van der Waals surface area contributed by atoms with Crippen molar-refractivity contribution in [2.45, 2.75) is 32.8 Å². The Morgan fingerprint density at radius 1 is 1.15 bits per heavy atom. The molecule has 0 saturated carbocycles. The zero-order valence-electron chi connectivity index (χ0n) is 12.0. The van der Waals surface area contributed by atoms with Crippen LogP contribution in [0.15, 0.2) is 36.4 Å². The third kappa shape index (κ3) is 2.32. The van der Waals surface area contributed by atoms with Crippen LogP contribution in [-0.2, 0) is 6.42 Å². The van der Waals surface area contributed by atoms with Crippen molar-refractivity contribution in [3.8, 4) is 5.75 Å². The van der Waals surface area contributed by atoms with Crippen molar-refractivity contribution in [2.24, 2.45) is 0 Å². The molecule has 0 radical (unpaired) electrons. The molecule has 1 heterocycles. The lowest BCUT2D eigenvalue weighted by molar-refractivity contribution is 0.218. The minimum atomic E-state index is -0.567. The van der Waals surface area contributed by atoms with Crippen molar-refractivity contribution < 1.29 is 9.84 Å². The van der Waals surface area contributed by atoms with Gasteiger partial charge in [0, 0.05) is 0 Å². The largest absolute Gasteiger partial charge is 0.493 e. The summed E-state index contributed by atoms with van der Waals surface area (Å²) in [6.45, 7) is 4.94. The van der Waals surface area contributed by atoms with Crippen LogP contribution in [0.1, 0.15) is 40.3 Å². The molecule has 1 aliphatic heterocycles. The van der Waals surface area contributed by atoms with Crippen LogP contribution in [0.3, 0.4) is 0 Å². The maximum absolute atomic E-state index is 10.7. The molecule has 2 aromatic rings. The van der Waals surface area contributed by atoms with Gasteiger partial charge in [0.25, 0.3) is 0 Å². The molecule has 104 valence electrons. The van der Waals surface area contributed by atoms with Crippen LogP contribution in [-0.4, -0.2) is 11.7 Å². The third-order valence-corrected chi connectivity index (χ3v) is 4.19. The van der Waals surface area contributed by atoms with E-state index in [9.17, 15) is 5.11 Å². The molecule has 1 aliphatic rings. The number of aryl methyl sites for hydroxylation is 2. The highest BCUT2D eigenvalue weighted by molar-refractivity contribution is 5.44. The molecule has 0 amide bonds. The van der Waals surface area contributed by atoms with Gasteiger partial charge in [0.1, 0.15) is 11.9 Å². The molecule has 3 rings (SSSR count). The second-order valence-corrected chi connectivity index (χ2v) is 5.51. The molecule has 1 atom stereocenters. The van der Waals surface area contributed by atoms with Crippen molar-refractivity contribution in [1.82, 2.24) is 0 Å². The van der Waals surface area contributed by atoms with E-state index in [0.29, 0.717) is 0 Å². The quantitative estimate of drug-likeness (QED) is 0.899. The molecule has 0 spiro atoms. The van der Waals surface area contributed by atoms with Crippen LogP contribution in [0.25, 0.3) is 0 Å². The molecule has 0 bridgehead atoms. The molecule has 1 unspecified atom stereocenters. The summed E-state index contributed by atoms with van der Waals surface area (Å²) < 4.78 is 5.63. The fourth-order valence-electron chi connectivity index (χ4n) is 2.80. The number of fused-ring (bicyclic) bond motifs is 1. The first-order valence-electron chi connectivity index (χ1n) is 7.16. The van der Waals surface area contributed by atoms with Gasteiger partial charge in [-0.15, -0.1) is 0 Å². The molecular formula is C18H20O2. The number of ether oxygens (including phenoxy) is 1. The highest BCUT2D eigenvalue weighted by atomic mass is 16.5. The standard InChI is InChI=1S/C18H20O2/c1-12-5-3-7-16(13(12)2)18(19)15-8-9-17-14(11-15)6-4-10-20-17/h3,5,7-9,11,18-19H,4,6,10H2,1-2H3. The van der Waals surface area contributed by atoms with Gasteiger partial charge in [0.05, 0.1) is 6.61 Å². The summed E-state index contributed by atoms with van der Waals surface area (Å²) in [6, 6.07) is 12.1. The monoisotopic (exact) mass is 268 g/mol. The Labute approximate surface area is 120 Å². The van der Waals surface area contributed by atoms with Crippen molar-refractivity contribution in [3.63, 3.8) is 0 Å². The van der Waals surface area contributed by atoms with E-state index >= 15 is 0 Å². The average Bonchev–Trinajstić information content (AvgIpc) is 2.49. The molecule has 2 nitrogen and oxygen atoms in total. The predicted molar refractivity (Wildman–Crippen MR) is 80.2 cm³/mol. The van der Waals surface area contributed by atoms with E-state index in [1.165, 1.54) is 11.1 Å². The number of rotatable bonds is 2. The zero-order chi connectivity index (χ0) is 14.1. The second-order valence-electron chi connectivity index (χ2n) is 5.51. The van der Waals surface area contributed by atoms with Gasteiger partial charge in [-0.05, 0) is 66.6 Å². The fourth-order valence-corrected chi connectivity index (χ4v) is 2.80. The molecule has 0 aromatic heterocycles. The van der Waals surface area contributed by atoms with Gasteiger partial charge in [0.2, 0.25) is 0 Å². The summed E-state index contributed by atoms with van der Waals surface area (Å²) >= 11 is 0. The van der Waals surface area contributed by atoms with E-state index in [-0.39, 0.29) is 0 Å². The van der Waals surface area contributed by atoms with Crippen molar-refractivity contribution in [2.75, 3.05) is 6.61 Å². The van der Waals surface area contributed by atoms with E-state index in [4.69, 9.17) is 4.74 Å². The van der Waals surface area contributed by atoms with E-state index in [1.807, 2.05) is 24.3 Å². The van der Waals surface area contributed by atoms with E-state index in [1.54, 1.807) is 0 Å². The second kappa shape index (κ2) is 5.29. The zero-order valence-corrected chi connectivity index (χ0v) is 12.0. The Balaban J connectivity index is 1.98. The van der Waals surface area contributed by atoms with Crippen molar-refractivity contribution in [1.29, 1.82) is 0 Å². The summed E-state index contributed by atoms with van der Waals surface area (Å²) in [5.74, 6) is 0.966. The summed E-state index contributed by atoms with van der Waals surface area (Å²) in [6.07, 6.45) is 1.51.